The summed E-state index contributed by atoms with van der Waals surface area (Å²) in [4.78, 5) is 27.7. The molecule has 7 nitrogen and oxygen atoms in total. The second-order valence-electron chi connectivity index (χ2n) is 8.53. The van der Waals surface area contributed by atoms with E-state index in [1.807, 2.05) is 0 Å². The monoisotopic (exact) mass is 601 g/mol. The van der Waals surface area contributed by atoms with Crippen molar-refractivity contribution in [3.05, 3.63) is 63.5 Å². The van der Waals surface area contributed by atoms with Gasteiger partial charge in [-0.3, -0.25) is 13.9 Å². The largest absolute Gasteiger partial charge is 0.352 e. The van der Waals surface area contributed by atoms with Crippen LogP contribution in [0.5, 0.6) is 0 Å². The molecule has 0 radical (unpaired) electrons. The topological polar surface area (TPSA) is 86.8 Å². The number of benzene rings is 2. The van der Waals surface area contributed by atoms with Gasteiger partial charge in [-0.15, -0.1) is 0 Å². The number of amides is 2. The van der Waals surface area contributed by atoms with E-state index in [0.717, 1.165) is 39.8 Å². The molecule has 0 aromatic heterocycles. The molecule has 2 amide bonds. The molecule has 0 unspecified atom stereocenters. The molecule has 1 fully saturated rings. The van der Waals surface area contributed by atoms with Crippen molar-refractivity contribution in [1.82, 2.24) is 10.2 Å². The maximum Gasteiger partial charge on any atom is 0.244 e. The lowest BCUT2D eigenvalue weighted by Gasteiger charge is -2.32. The van der Waals surface area contributed by atoms with Crippen LogP contribution >= 0.6 is 22.6 Å². The highest BCUT2D eigenvalue weighted by molar-refractivity contribution is 14.1. The maximum absolute atomic E-state index is 14.4. The molecule has 34 heavy (non-hydrogen) atoms. The van der Waals surface area contributed by atoms with Crippen LogP contribution in [0.2, 0.25) is 0 Å². The minimum Gasteiger partial charge on any atom is -0.352 e. The van der Waals surface area contributed by atoms with E-state index >= 15 is 0 Å². The van der Waals surface area contributed by atoms with Crippen LogP contribution in [0.3, 0.4) is 0 Å². The summed E-state index contributed by atoms with van der Waals surface area (Å²) in [7, 11) is -3.80. The average molecular weight is 601 g/mol. The standard InChI is InChI=1S/C24H29FIN3O4S/c1-17(24(31)27-20-8-4-5-9-20)28(15-18-7-3-6-10-22(18)25)23(30)16-29(34(2,32)33)21-13-11-19(26)12-14-21/h3,6-7,10-14,17,20H,4-5,8-9,15-16H2,1-2H3,(H,27,31)/t17-/m0/s1. The van der Waals surface area contributed by atoms with Gasteiger partial charge in [0.1, 0.15) is 18.4 Å². The van der Waals surface area contributed by atoms with Crippen LogP contribution < -0.4 is 9.62 Å². The first-order valence-electron chi connectivity index (χ1n) is 11.1. The third kappa shape index (κ3) is 6.91. The van der Waals surface area contributed by atoms with Gasteiger partial charge in [0.25, 0.3) is 0 Å². The fourth-order valence-electron chi connectivity index (χ4n) is 4.01. The minimum atomic E-state index is -3.80. The summed E-state index contributed by atoms with van der Waals surface area (Å²) >= 11 is 2.11. The van der Waals surface area contributed by atoms with Crippen molar-refractivity contribution < 1.29 is 22.4 Å². The smallest absolute Gasteiger partial charge is 0.244 e. The van der Waals surface area contributed by atoms with E-state index < -0.39 is 34.3 Å². The van der Waals surface area contributed by atoms with Crippen LogP contribution in [-0.4, -0.2) is 50.0 Å². The SMILES string of the molecule is C[C@@H](C(=O)NC1CCCC1)N(Cc1ccccc1F)C(=O)CN(c1ccc(I)cc1)S(C)(=O)=O. The number of carbonyl (C=O) groups excluding carboxylic acids is 2. The predicted molar refractivity (Wildman–Crippen MR) is 138 cm³/mol. The molecule has 0 saturated heterocycles. The molecule has 10 heteroatoms. The summed E-state index contributed by atoms with van der Waals surface area (Å²) in [6.45, 7) is 0.919. The molecule has 1 atom stereocenters. The van der Waals surface area contributed by atoms with Crippen LogP contribution in [-0.2, 0) is 26.2 Å². The van der Waals surface area contributed by atoms with Gasteiger partial charge < -0.3 is 10.2 Å². The molecule has 2 aromatic rings. The third-order valence-corrected chi connectivity index (χ3v) is 7.82. The zero-order valence-electron chi connectivity index (χ0n) is 19.2. The summed E-state index contributed by atoms with van der Waals surface area (Å²) in [5, 5.41) is 2.98. The van der Waals surface area contributed by atoms with Crippen molar-refractivity contribution in [2.45, 2.75) is 51.2 Å². The zero-order chi connectivity index (χ0) is 24.9. The first kappa shape index (κ1) is 26.4. The highest BCUT2D eigenvalue weighted by atomic mass is 127. The lowest BCUT2D eigenvalue weighted by atomic mass is 10.1. The van der Waals surface area contributed by atoms with Gasteiger partial charge in [-0.2, -0.15) is 0 Å². The lowest BCUT2D eigenvalue weighted by molar-refractivity contribution is -0.139. The molecule has 0 bridgehead atoms. The molecule has 1 aliphatic carbocycles. The Kier molecular flexibility index (Phi) is 8.91. The number of halogens is 2. The fraction of sp³-hybridized carbons (Fsp3) is 0.417. The molecule has 0 spiro atoms. The highest BCUT2D eigenvalue weighted by Crippen LogP contribution is 2.22. The minimum absolute atomic E-state index is 0.0553. The van der Waals surface area contributed by atoms with E-state index in [0.29, 0.717) is 5.69 Å². The second-order valence-corrected chi connectivity index (χ2v) is 11.7. The second kappa shape index (κ2) is 11.5. The molecule has 3 rings (SSSR count). The Morgan fingerprint density at radius 3 is 2.32 bits per heavy atom. The number of hydrogen-bond donors (Lipinski definition) is 1. The van der Waals surface area contributed by atoms with Crippen molar-refractivity contribution in [3.63, 3.8) is 0 Å². The quantitative estimate of drug-likeness (QED) is 0.445. The number of nitrogens with one attached hydrogen (secondary N) is 1. The molecule has 184 valence electrons. The molecule has 1 saturated carbocycles. The Bertz CT molecular complexity index is 1120. The summed E-state index contributed by atoms with van der Waals surface area (Å²) in [6.07, 6.45) is 4.87. The Labute approximate surface area is 213 Å². The molecule has 0 heterocycles. The molecular weight excluding hydrogens is 572 g/mol. The molecule has 1 N–H and O–H groups in total. The van der Waals surface area contributed by atoms with Gasteiger partial charge >= 0.3 is 0 Å². The van der Waals surface area contributed by atoms with Crippen molar-refractivity contribution in [2.75, 3.05) is 17.1 Å². The van der Waals surface area contributed by atoms with Gasteiger partial charge in [-0.1, -0.05) is 31.0 Å². The van der Waals surface area contributed by atoms with Gasteiger partial charge in [-0.05, 0) is 72.7 Å². The number of carbonyl (C=O) groups is 2. The number of sulfonamides is 1. The van der Waals surface area contributed by atoms with E-state index in [4.69, 9.17) is 0 Å². The van der Waals surface area contributed by atoms with Gasteiger partial charge in [0, 0.05) is 21.7 Å². The maximum atomic E-state index is 14.4. The third-order valence-electron chi connectivity index (χ3n) is 5.96. The Morgan fingerprint density at radius 1 is 1.12 bits per heavy atom. The van der Waals surface area contributed by atoms with Crippen LogP contribution in [0, 0.1) is 9.39 Å². The van der Waals surface area contributed by atoms with Crippen LogP contribution in [0.15, 0.2) is 48.5 Å². The molecule has 0 aliphatic heterocycles. The number of anilines is 1. The summed E-state index contributed by atoms with van der Waals surface area (Å²) < 4.78 is 41.4. The summed E-state index contributed by atoms with van der Waals surface area (Å²) in [6, 6.07) is 11.9. The van der Waals surface area contributed by atoms with Crippen LogP contribution in [0.1, 0.15) is 38.2 Å². The Morgan fingerprint density at radius 2 is 1.74 bits per heavy atom. The summed E-state index contributed by atoms with van der Waals surface area (Å²) in [5.41, 5.74) is 0.585. The fourth-order valence-corrected chi connectivity index (χ4v) is 5.21. The normalized spacial score (nSPS) is 15.1. The first-order chi connectivity index (χ1) is 16.1. The van der Waals surface area contributed by atoms with Gasteiger partial charge in [-0.25, -0.2) is 12.8 Å². The zero-order valence-corrected chi connectivity index (χ0v) is 22.2. The highest BCUT2D eigenvalue weighted by Gasteiger charge is 2.31. The van der Waals surface area contributed by atoms with Crippen molar-refractivity contribution in [1.29, 1.82) is 0 Å². The molecule has 2 aromatic carbocycles. The Hall–Kier alpha value is -2.21. The van der Waals surface area contributed by atoms with Gasteiger partial charge in [0.05, 0.1) is 11.9 Å². The van der Waals surface area contributed by atoms with E-state index in [9.17, 15) is 22.4 Å². The van der Waals surface area contributed by atoms with Crippen LogP contribution in [0.4, 0.5) is 10.1 Å². The average Bonchev–Trinajstić information content (AvgIpc) is 3.29. The predicted octanol–water partition coefficient (Wildman–Crippen LogP) is 3.67. The molecule has 1 aliphatic rings. The number of hydrogen-bond acceptors (Lipinski definition) is 4. The molecular formula is C24H29FIN3O4S. The van der Waals surface area contributed by atoms with E-state index in [2.05, 4.69) is 27.9 Å². The number of nitrogens with zero attached hydrogens (tertiary/aromatic N) is 2. The van der Waals surface area contributed by atoms with Crippen molar-refractivity contribution in [2.24, 2.45) is 0 Å². The lowest BCUT2D eigenvalue weighted by Crippen LogP contribution is -2.52. The Balaban J connectivity index is 1.88. The van der Waals surface area contributed by atoms with Crippen LogP contribution in [0.25, 0.3) is 0 Å². The van der Waals surface area contributed by atoms with E-state index in [1.54, 1.807) is 49.4 Å². The summed E-state index contributed by atoms with van der Waals surface area (Å²) in [5.74, 6) is -1.43. The van der Waals surface area contributed by atoms with Gasteiger partial charge in [0.15, 0.2) is 0 Å². The first-order valence-corrected chi connectivity index (χ1v) is 14.1. The van der Waals surface area contributed by atoms with E-state index in [1.165, 1.54) is 11.0 Å². The van der Waals surface area contributed by atoms with E-state index in [-0.39, 0.29) is 24.1 Å². The van der Waals surface area contributed by atoms with Gasteiger partial charge in [0.2, 0.25) is 21.8 Å². The van der Waals surface area contributed by atoms with Crippen molar-refractivity contribution >= 4 is 50.1 Å². The van der Waals surface area contributed by atoms with Crippen molar-refractivity contribution in [3.8, 4) is 0 Å². The number of rotatable bonds is 9.